The summed E-state index contributed by atoms with van der Waals surface area (Å²) in [5, 5.41) is 12.7. The van der Waals surface area contributed by atoms with Crippen LogP contribution in [0.1, 0.15) is 23.1 Å². The van der Waals surface area contributed by atoms with Gasteiger partial charge in [-0.15, -0.1) is 0 Å². The number of aryl methyl sites for hydroxylation is 2. The molecule has 0 fully saturated rings. The average Bonchev–Trinajstić information content (AvgIpc) is 2.97. The molecule has 2 heterocycles. The van der Waals surface area contributed by atoms with Crippen molar-refractivity contribution in [2.45, 2.75) is 26.0 Å². The molecule has 0 aliphatic carbocycles. The van der Waals surface area contributed by atoms with Gasteiger partial charge in [-0.2, -0.15) is 0 Å². The minimum atomic E-state index is -1.41. The van der Waals surface area contributed by atoms with Crippen LogP contribution in [0.5, 0.6) is 5.75 Å². The highest BCUT2D eigenvalue weighted by Crippen LogP contribution is 2.40. The number of rotatable bonds is 3. The zero-order chi connectivity index (χ0) is 19.2. The molecule has 0 bridgehead atoms. The lowest BCUT2D eigenvalue weighted by Crippen LogP contribution is -3.00. The van der Waals surface area contributed by atoms with Gasteiger partial charge in [0.05, 0.1) is 19.2 Å². The van der Waals surface area contributed by atoms with Crippen molar-refractivity contribution in [1.29, 1.82) is 0 Å². The van der Waals surface area contributed by atoms with Crippen LogP contribution in [0.4, 0.5) is 10.1 Å². The molecule has 2 aliphatic heterocycles. The summed E-state index contributed by atoms with van der Waals surface area (Å²) < 4.78 is 21.9. The van der Waals surface area contributed by atoms with E-state index in [0.717, 1.165) is 34.2 Å². The zero-order valence-corrected chi connectivity index (χ0v) is 18.6. The lowest BCUT2D eigenvalue weighted by molar-refractivity contribution is -0.657. The number of halogens is 2. The molecule has 2 aliphatic rings. The van der Waals surface area contributed by atoms with Crippen molar-refractivity contribution in [3.8, 4) is 5.75 Å². The van der Waals surface area contributed by atoms with Gasteiger partial charge in [0.2, 0.25) is 0 Å². The van der Waals surface area contributed by atoms with Crippen LogP contribution in [0.15, 0.2) is 36.4 Å². The molecule has 0 aromatic heterocycles. The number of hydrogen-bond acceptors (Lipinski definition) is 4. The van der Waals surface area contributed by atoms with E-state index < -0.39 is 11.5 Å². The Balaban J connectivity index is 0.00000225. The van der Waals surface area contributed by atoms with E-state index in [1.165, 1.54) is 13.2 Å². The first-order valence-corrected chi connectivity index (χ1v) is 10.1. The predicted molar refractivity (Wildman–Crippen MR) is 107 cm³/mol. The summed E-state index contributed by atoms with van der Waals surface area (Å²) in [4.78, 5) is 2.13. The van der Waals surface area contributed by atoms with E-state index in [0.29, 0.717) is 18.8 Å². The van der Waals surface area contributed by atoms with Crippen LogP contribution in [0.25, 0.3) is 0 Å². The molecule has 1 atom stereocenters. The Morgan fingerprint density at radius 1 is 1.21 bits per heavy atom. The molecule has 28 heavy (non-hydrogen) atoms. The number of nitrogens with zero attached hydrogens (tertiary/aromatic N) is 2. The highest BCUT2D eigenvalue weighted by molar-refractivity contribution is 8.13. The highest BCUT2D eigenvalue weighted by atomic mass is 79.9. The predicted octanol–water partition coefficient (Wildman–Crippen LogP) is 0.626. The maximum Gasteiger partial charge on any atom is 0.316 e. The third kappa shape index (κ3) is 3.44. The average molecular weight is 467 g/mol. The molecule has 1 N–H and O–H groups in total. The van der Waals surface area contributed by atoms with Crippen LogP contribution < -0.4 is 26.6 Å². The third-order valence-corrected chi connectivity index (χ3v) is 6.50. The standard InChI is InChI=1S/C21H24FN2O2S.BrH/c1-14-5-6-15(2)19(11-14)23-13-21(25,24-9-4-10-27-20(23)24)17-8-7-16(26-3)12-18(17)22;/h5-8,11-12,25H,4,9-10,13H2,1-3H3;1H/q+1;/p-1. The maximum atomic E-state index is 14.9. The quantitative estimate of drug-likeness (QED) is 0.672. The number of hydrogen-bond donors (Lipinski definition) is 1. The molecule has 4 nitrogen and oxygen atoms in total. The van der Waals surface area contributed by atoms with E-state index in [9.17, 15) is 9.50 Å². The maximum absolute atomic E-state index is 14.9. The van der Waals surface area contributed by atoms with Gasteiger partial charge in [-0.3, -0.25) is 0 Å². The monoisotopic (exact) mass is 466 g/mol. The van der Waals surface area contributed by atoms with Crippen LogP contribution in [-0.2, 0) is 5.72 Å². The van der Waals surface area contributed by atoms with Crippen LogP contribution in [0, 0.1) is 19.7 Å². The summed E-state index contributed by atoms with van der Waals surface area (Å²) in [6, 6.07) is 11.0. The molecule has 7 heteroatoms. The fourth-order valence-corrected chi connectivity index (χ4v) is 5.05. The summed E-state index contributed by atoms with van der Waals surface area (Å²) in [5.41, 5.74) is 2.24. The Hall–Kier alpha value is -1.57. The lowest BCUT2D eigenvalue weighted by atomic mass is 10.0. The largest absolute Gasteiger partial charge is 1.00 e. The number of methoxy groups -OCH3 is 1. The number of anilines is 1. The van der Waals surface area contributed by atoms with Crippen molar-refractivity contribution >= 4 is 22.6 Å². The fraction of sp³-hybridized carbons (Fsp3) is 0.381. The Labute approximate surface area is 179 Å². The Morgan fingerprint density at radius 2 is 2.00 bits per heavy atom. The molecule has 150 valence electrons. The van der Waals surface area contributed by atoms with Gasteiger partial charge in [-0.1, -0.05) is 12.1 Å². The van der Waals surface area contributed by atoms with Gasteiger partial charge in [0.15, 0.2) is 6.54 Å². The van der Waals surface area contributed by atoms with Crippen molar-refractivity contribution in [2.24, 2.45) is 0 Å². The molecule has 0 radical (unpaired) electrons. The summed E-state index contributed by atoms with van der Waals surface area (Å²) in [5.74, 6) is 0.991. The summed E-state index contributed by atoms with van der Waals surface area (Å²) in [6.45, 7) is 5.12. The Morgan fingerprint density at radius 3 is 2.71 bits per heavy atom. The van der Waals surface area contributed by atoms with Crippen molar-refractivity contribution in [2.75, 3.05) is 30.9 Å². The van der Waals surface area contributed by atoms with Gasteiger partial charge in [0, 0.05) is 11.8 Å². The summed E-state index contributed by atoms with van der Waals surface area (Å²) in [7, 11) is 1.51. The molecular formula is C21H24BrFN2O2S. The van der Waals surface area contributed by atoms with E-state index >= 15 is 0 Å². The lowest BCUT2D eigenvalue weighted by Gasteiger charge is -2.24. The minimum Gasteiger partial charge on any atom is -1.00 e. The topological polar surface area (TPSA) is 35.7 Å². The van der Waals surface area contributed by atoms with E-state index in [4.69, 9.17) is 4.74 Å². The molecule has 2 aromatic carbocycles. The molecule has 1 unspecified atom stereocenters. The zero-order valence-electron chi connectivity index (χ0n) is 16.2. The van der Waals surface area contributed by atoms with Crippen molar-refractivity contribution in [3.63, 3.8) is 0 Å². The van der Waals surface area contributed by atoms with Crippen molar-refractivity contribution in [3.05, 3.63) is 58.9 Å². The first-order valence-electron chi connectivity index (χ1n) is 9.12. The fourth-order valence-electron chi connectivity index (χ4n) is 3.88. The molecule has 0 saturated carbocycles. The van der Waals surface area contributed by atoms with Gasteiger partial charge >= 0.3 is 5.17 Å². The SMILES string of the molecule is COc1ccc(C2(O)CN(c3cc(C)ccc3C)C3=[N+]2CCCS3)c(F)c1.[Br-]. The molecule has 4 rings (SSSR count). The van der Waals surface area contributed by atoms with E-state index in [2.05, 4.69) is 36.9 Å². The number of β-amino-alcohol motifs (C(OH)–C–C–N with tert-alkyl or cyclic N) is 1. The number of aliphatic hydroxyl groups is 1. The summed E-state index contributed by atoms with van der Waals surface area (Å²) in [6.07, 6.45) is 0.953. The van der Waals surface area contributed by atoms with Crippen LogP contribution in [-0.4, -0.2) is 40.8 Å². The van der Waals surface area contributed by atoms with E-state index in [1.54, 1.807) is 23.9 Å². The van der Waals surface area contributed by atoms with Gasteiger partial charge in [-0.25, -0.2) is 13.9 Å². The number of thioether (sulfide) groups is 1. The second kappa shape index (κ2) is 8.05. The Bertz CT molecular complexity index is 937. The normalized spacial score (nSPS) is 21.4. The van der Waals surface area contributed by atoms with Crippen LogP contribution in [0.3, 0.4) is 0 Å². The van der Waals surface area contributed by atoms with Gasteiger partial charge in [-0.05, 0) is 61.4 Å². The van der Waals surface area contributed by atoms with E-state index in [-0.39, 0.29) is 22.5 Å². The first kappa shape index (κ1) is 21.1. The summed E-state index contributed by atoms with van der Waals surface area (Å²) >= 11 is 1.72. The smallest absolute Gasteiger partial charge is 0.316 e. The van der Waals surface area contributed by atoms with Crippen molar-refractivity contribution in [1.82, 2.24) is 0 Å². The second-order valence-electron chi connectivity index (χ2n) is 7.17. The molecule has 2 aromatic rings. The highest BCUT2D eigenvalue weighted by Gasteiger charge is 2.54. The minimum absolute atomic E-state index is 0. The number of amidine groups is 1. The molecule has 0 amide bonds. The number of ether oxygens (including phenoxy) is 1. The van der Waals surface area contributed by atoms with Gasteiger partial charge in [0.1, 0.15) is 17.3 Å². The third-order valence-electron chi connectivity index (χ3n) is 5.31. The van der Waals surface area contributed by atoms with Crippen LogP contribution in [0.2, 0.25) is 0 Å². The van der Waals surface area contributed by atoms with Gasteiger partial charge in [0.25, 0.3) is 5.72 Å². The van der Waals surface area contributed by atoms with Gasteiger partial charge < -0.3 is 26.8 Å². The second-order valence-corrected chi connectivity index (χ2v) is 8.24. The Kier molecular flexibility index (Phi) is 6.08. The first-order chi connectivity index (χ1) is 12.9. The molecule has 0 saturated heterocycles. The number of benzene rings is 2. The van der Waals surface area contributed by atoms with Crippen molar-refractivity contribution < 1.29 is 35.8 Å². The van der Waals surface area contributed by atoms with Crippen LogP contribution >= 0.6 is 11.8 Å². The molecular weight excluding hydrogens is 443 g/mol. The molecule has 0 spiro atoms. The van der Waals surface area contributed by atoms with E-state index in [1.807, 2.05) is 4.58 Å².